The SMILES string of the molecule is CN(C)C(=O)N1CCN(C(=O)CCN2C(=O)CCC2=O)C(C)(C)C1. The first-order valence-electron chi connectivity index (χ1n) is 8.23. The Morgan fingerprint density at radius 1 is 1.08 bits per heavy atom. The van der Waals surface area contributed by atoms with Gasteiger partial charge in [-0.05, 0) is 13.8 Å². The Hall–Kier alpha value is -2.12. The summed E-state index contributed by atoms with van der Waals surface area (Å²) in [5.74, 6) is -0.494. The second-order valence-corrected chi connectivity index (χ2v) is 7.15. The molecule has 2 fully saturated rings. The predicted octanol–water partition coefficient (Wildman–Crippen LogP) is 0.130. The second-order valence-electron chi connectivity index (χ2n) is 7.15. The number of imide groups is 1. The lowest BCUT2D eigenvalue weighted by atomic mass is 9.98. The Bertz CT molecular complexity index is 542. The summed E-state index contributed by atoms with van der Waals surface area (Å²) in [7, 11) is 3.41. The van der Waals surface area contributed by atoms with E-state index in [9.17, 15) is 19.2 Å². The van der Waals surface area contributed by atoms with Crippen molar-refractivity contribution in [3.8, 4) is 0 Å². The molecule has 5 amide bonds. The summed E-state index contributed by atoms with van der Waals surface area (Å²) < 4.78 is 0. The maximum absolute atomic E-state index is 12.6. The van der Waals surface area contributed by atoms with Gasteiger partial charge in [-0.15, -0.1) is 0 Å². The molecule has 0 atom stereocenters. The summed E-state index contributed by atoms with van der Waals surface area (Å²) in [5.41, 5.74) is -0.486. The van der Waals surface area contributed by atoms with Gasteiger partial charge in [-0.1, -0.05) is 0 Å². The van der Waals surface area contributed by atoms with Crippen LogP contribution in [0.15, 0.2) is 0 Å². The molecular formula is C16H26N4O4. The van der Waals surface area contributed by atoms with Crippen LogP contribution < -0.4 is 0 Å². The van der Waals surface area contributed by atoms with E-state index in [1.54, 1.807) is 23.9 Å². The number of hydrogen-bond acceptors (Lipinski definition) is 4. The number of nitrogens with zero attached hydrogens (tertiary/aromatic N) is 4. The first-order chi connectivity index (χ1) is 11.1. The predicted molar refractivity (Wildman–Crippen MR) is 87.0 cm³/mol. The highest BCUT2D eigenvalue weighted by Crippen LogP contribution is 2.23. The number of hydrogen-bond donors (Lipinski definition) is 0. The number of rotatable bonds is 3. The number of amides is 5. The molecule has 0 unspecified atom stereocenters. The smallest absolute Gasteiger partial charge is 0.319 e. The van der Waals surface area contributed by atoms with E-state index in [2.05, 4.69) is 0 Å². The Labute approximate surface area is 142 Å². The third-order valence-corrected chi connectivity index (χ3v) is 4.56. The number of piperazine rings is 1. The summed E-state index contributed by atoms with van der Waals surface area (Å²) in [6, 6.07) is -0.0663. The average Bonchev–Trinajstić information content (AvgIpc) is 2.81. The number of likely N-dealkylation sites (tertiary alicyclic amines) is 1. The van der Waals surface area contributed by atoms with Crippen LogP contribution in [0.3, 0.4) is 0 Å². The summed E-state index contributed by atoms with van der Waals surface area (Å²) in [6.07, 6.45) is 0.607. The quantitative estimate of drug-likeness (QED) is 0.685. The first kappa shape index (κ1) is 18.2. The Balaban J connectivity index is 1.94. The number of urea groups is 1. The Morgan fingerprint density at radius 3 is 2.17 bits per heavy atom. The number of carbonyl (C=O) groups is 4. The van der Waals surface area contributed by atoms with Crippen LogP contribution in [0.25, 0.3) is 0 Å². The molecule has 2 saturated heterocycles. The van der Waals surface area contributed by atoms with Gasteiger partial charge in [0.2, 0.25) is 17.7 Å². The molecule has 0 spiro atoms. The van der Waals surface area contributed by atoms with Gasteiger partial charge in [0.05, 0.1) is 5.54 Å². The highest BCUT2D eigenvalue weighted by molar-refractivity contribution is 6.02. The zero-order valence-corrected chi connectivity index (χ0v) is 14.9. The highest BCUT2D eigenvalue weighted by Gasteiger charge is 2.39. The van der Waals surface area contributed by atoms with Crippen molar-refractivity contribution in [1.82, 2.24) is 19.6 Å². The van der Waals surface area contributed by atoms with Crippen molar-refractivity contribution in [2.75, 3.05) is 40.3 Å². The molecule has 8 nitrogen and oxygen atoms in total. The van der Waals surface area contributed by atoms with Crippen molar-refractivity contribution in [3.05, 3.63) is 0 Å². The van der Waals surface area contributed by atoms with Crippen LogP contribution in [0.2, 0.25) is 0 Å². The van der Waals surface area contributed by atoms with E-state index in [0.717, 1.165) is 0 Å². The molecule has 2 heterocycles. The molecule has 0 saturated carbocycles. The van der Waals surface area contributed by atoms with Gasteiger partial charge in [0.25, 0.3) is 0 Å². The first-order valence-corrected chi connectivity index (χ1v) is 8.23. The lowest BCUT2D eigenvalue weighted by molar-refractivity contribution is -0.142. The molecule has 2 rings (SSSR count). The third-order valence-electron chi connectivity index (χ3n) is 4.56. The number of carbonyl (C=O) groups excluding carboxylic acids is 4. The molecule has 0 N–H and O–H groups in total. The van der Waals surface area contributed by atoms with Gasteiger partial charge in [-0.2, -0.15) is 0 Å². The van der Waals surface area contributed by atoms with E-state index in [1.165, 1.54) is 9.80 Å². The van der Waals surface area contributed by atoms with Crippen LogP contribution >= 0.6 is 0 Å². The molecule has 0 radical (unpaired) electrons. The minimum atomic E-state index is -0.486. The van der Waals surface area contributed by atoms with Crippen LogP contribution in [-0.4, -0.2) is 89.2 Å². The standard InChI is InChI=1S/C16H26N4O4/c1-16(2)11-18(15(24)17(3)4)9-10-20(16)14(23)7-8-19-12(21)5-6-13(19)22/h5-11H2,1-4H3. The van der Waals surface area contributed by atoms with Crippen molar-refractivity contribution >= 4 is 23.8 Å². The van der Waals surface area contributed by atoms with E-state index < -0.39 is 5.54 Å². The van der Waals surface area contributed by atoms with Crippen molar-refractivity contribution in [2.45, 2.75) is 38.6 Å². The van der Waals surface area contributed by atoms with Crippen LogP contribution in [0.4, 0.5) is 4.79 Å². The van der Waals surface area contributed by atoms with Crippen LogP contribution in [0.1, 0.15) is 33.1 Å². The van der Waals surface area contributed by atoms with Gasteiger partial charge in [-0.25, -0.2) is 4.79 Å². The maximum Gasteiger partial charge on any atom is 0.319 e. The molecule has 2 aliphatic heterocycles. The largest absolute Gasteiger partial charge is 0.334 e. The van der Waals surface area contributed by atoms with Gasteiger partial charge in [0, 0.05) is 59.5 Å². The van der Waals surface area contributed by atoms with Gasteiger partial charge < -0.3 is 14.7 Å². The Morgan fingerprint density at radius 2 is 1.67 bits per heavy atom. The third kappa shape index (κ3) is 3.68. The minimum Gasteiger partial charge on any atom is -0.334 e. The monoisotopic (exact) mass is 338 g/mol. The zero-order chi connectivity index (χ0) is 18.1. The van der Waals surface area contributed by atoms with E-state index in [-0.39, 0.29) is 49.6 Å². The van der Waals surface area contributed by atoms with E-state index in [1.807, 2.05) is 13.8 Å². The molecule has 0 aromatic heterocycles. The molecule has 0 aromatic rings. The lowest BCUT2D eigenvalue weighted by Crippen LogP contribution is -2.63. The molecule has 134 valence electrons. The van der Waals surface area contributed by atoms with E-state index >= 15 is 0 Å². The van der Waals surface area contributed by atoms with Gasteiger partial charge in [0.15, 0.2) is 0 Å². The summed E-state index contributed by atoms with van der Waals surface area (Å²) in [4.78, 5) is 54.1. The van der Waals surface area contributed by atoms with Crippen LogP contribution in [0, 0.1) is 0 Å². The molecule has 24 heavy (non-hydrogen) atoms. The molecule has 0 aliphatic carbocycles. The van der Waals surface area contributed by atoms with Crippen LogP contribution in [-0.2, 0) is 14.4 Å². The average molecular weight is 338 g/mol. The molecular weight excluding hydrogens is 312 g/mol. The summed E-state index contributed by atoms with van der Waals surface area (Å²) >= 11 is 0. The molecule has 8 heteroatoms. The van der Waals surface area contributed by atoms with Gasteiger partial charge >= 0.3 is 6.03 Å². The second kappa shape index (κ2) is 6.78. The van der Waals surface area contributed by atoms with Crippen LogP contribution in [0.5, 0.6) is 0 Å². The molecule has 0 aromatic carbocycles. The highest BCUT2D eigenvalue weighted by atomic mass is 16.2. The molecule has 2 aliphatic rings. The fourth-order valence-corrected chi connectivity index (χ4v) is 3.28. The maximum atomic E-state index is 12.6. The fourth-order valence-electron chi connectivity index (χ4n) is 3.28. The minimum absolute atomic E-state index is 0.0663. The summed E-state index contributed by atoms with van der Waals surface area (Å²) in [6.45, 7) is 5.38. The van der Waals surface area contributed by atoms with Crippen molar-refractivity contribution in [2.24, 2.45) is 0 Å². The zero-order valence-electron chi connectivity index (χ0n) is 14.9. The van der Waals surface area contributed by atoms with E-state index in [4.69, 9.17) is 0 Å². The van der Waals surface area contributed by atoms with Crippen molar-refractivity contribution < 1.29 is 19.2 Å². The Kier molecular flexibility index (Phi) is 5.15. The van der Waals surface area contributed by atoms with E-state index in [0.29, 0.717) is 19.6 Å². The van der Waals surface area contributed by atoms with Gasteiger partial charge in [-0.3, -0.25) is 19.3 Å². The van der Waals surface area contributed by atoms with Crippen molar-refractivity contribution in [3.63, 3.8) is 0 Å². The summed E-state index contributed by atoms with van der Waals surface area (Å²) in [5, 5.41) is 0. The normalized spacial score (nSPS) is 20.6. The van der Waals surface area contributed by atoms with Gasteiger partial charge in [0.1, 0.15) is 0 Å². The fraction of sp³-hybridized carbons (Fsp3) is 0.750. The lowest BCUT2D eigenvalue weighted by Gasteiger charge is -2.47. The van der Waals surface area contributed by atoms with Crippen molar-refractivity contribution in [1.29, 1.82) is 0 Å². The molecule has 0 bridgehead atoms. The topological polar surface area (TPSA) is 81.2 Å².